The summed E-state index contributed by atoms with van der Waals surface area (Å²) in [5.74, 6) is -0.127. The van der Waals surface area contributed by atoms with Crippen LogP contribution in [0.15, 0.2) is 28.9 Å². The van der Waals surface area contributed by atoms with Crippen LogP contribution in [0, 0.1) is 0 Å². The lowest BCUT2D eigenvalue weighted by Gasteiger charge is -1.98. The minimum Gasteiger partial charge on any atom is -0.480 e. The van der Waals surface area contributed by atoms with Gasteiger partial charge >= 0.3 is 5.97 Å². The normalized spacial score (nSPS) is 21.5. The summed E-state index contributed by atoms with van der Waals surface area (Å²) in [6, 6.07) is 3.02. The zero-order valence-electron chi connectivity index (χ0n) is 6.86. The first kappa shape index (κ1) is 8.07. The van der Waals surface area contributed by atoms with Gasteiger partial charge in [-0.2, -0.15) is 0 Å². The Kier molecular flexibility index (Phi) is 1.90. The third-order valence-electron chi connectivity index (χ3n) is 1.98. The Morgan fingerprint density at radius 3 is 3.08 bits per heavy atom. The van der Waals surface area contributed by atoms with Crippen LogP contribution in [0.5, 0.6) is 0 Å². The van der Waals surface area contributed by atoms with Gasteiger partial charge in [0.05, 0.1) is 6.26 Å². The van der Waals surface area contributed by atoms with Crippen molar-refractivity contribution in [2.75, 3.05) is 6.54 Å². The molecule has 0 bridgehead atoms. The fourth-order valence-electron chi connectivity index (χ4n) is 1.33. The maximum absolute atomic E-state index is 10.6. The van der Waals surface area contributed by atoms with Gasteiger partial charge in [-0.1, -0.05) is 0 Å². The van der Waals surface area contributed by atoms with Gasteiger partial charge in [-0.05, 0) is 18.2 Å². The summed E-state index contributed by atoms with van der Waals surface area (Å²) in [4.78, 5) is 10.6. The third kappa shape index (κ3) is 1.48. The molecule has 13 heavy (non-hydrogen) atoms. The lowest BCUT2D eigenvalue weighted by atomic mass is 10.2. The smallest absolute Gasteiger partial charge is 0.324 e. The van der Waals surface area contributed by atoms with Crippen molar-refractivity contribution in [1.29, 1.82) is 0 Å². The molecular formula is C9H9NO3. The molecule has 2 N–H and O–H groups in total. The van der Waals surface area contributed by atoms with Crippen molar-refractivity contribution in [3.8, 4) is 0 Å². The fraction of sp³-hybridized carbons (Fsp3) is 0.222. The highest BCUT2D eigenvalue weighted by molar-refractivity contribution is 5.82. The average Bonchev–Trinajstić information content (AvgIpc) is 2.75. The van der Waals surface area contributed by atoms with Crippen LogP contribution in [-0.4, -0.2) is 23.7 Å². The molecule has 4 heteroatoms. The first-order valence-corrected chi connectivity index (χ1v) is 3.98. The van der Waals surface area contributed by atoms with Crippen molar-refractivity contribution in [3.63, 3.8) is 0 Å². The van der Waals surface area contributed by atoms with E-state index in [9.17, 15) is 4.79 Å². The van der Waals surface area contributed by atoms with E-state index in [0.717, 1.165) is 11.3 Å². The van der Waals surface area contributed by atoms with Gasteiger partial charge in [-0.15, -0.1) is 0 Å². The molecule has 68 valence electrons. The number of carboxylic acid groups (broad SMARTS) is 1. The predicted octanol–water partition coefficient (Wildman–Crippen LogP) is 0.719. The molecule has 2 rings (SSSR count). The number of carboxylic acids is 1. The number of furan rings is 1. The largest absolute Gasteiger partial charge is 0.480 e. The second kappa shape index (κ2) is 3.06. The Labute approximate surface area is 74.9 Å². The van der Waals surface area contributed by atoms with E-state index in [1.807, 2.05) is 6.07 Å². The van der Waals surface area contributed by atoms with E-state index in [-0.39, 0.29) is 0 Å². The second-order valence-corrected chi connectivity index (χ2v) is 2.87. The molecule has 1 atom stereocenters. The number of hydrogen-bond donors (Lipinski definition) is 2. The number of aliphatic carboxylic acids is 1. The van der Waals surface area contributed by atoms with Gasteiger partial charge in [0.1, 0.15) is 11.8 Å². The fourth-order valence-corrected chi connectivity index (χ4v) is 1.33. The first-order valence-electron chi connectivity index (χ1n) is 3.98. The molecule has 0 unspecified atom stereocenters. The van der Waals surface area contributed by atoms with Crippen LogP contribution in [0.25, 0.3) is 5.57 Å². The summed E-state index contributed by atoms with van der Waals surface area (Å²) in [6.07, 6.45) is 3.24. The van der Waals surface area contributed by atoms with E-state index < -0.39 is 12.0 Å². The zero-order valence-corrected chi connectivity index (χ0v) is 6.86. The molecule has 0 fully saturated rings. The topological polar surface area (TPSA) is 62.5 Å². The molecule has 1 aromatic heterocycles. The standard InChI is InChI=1S/C9H9NO3/c11-9(12)7-4-6(5-10-7)8-2-1-3-13-8/h1-4,7,10H,5H2,(H,11,12)/t7-/m0/s1. The van der Waals surface area contributed by atoms with Crippen LogP contribution in [-0.2, 0) is 4.79 Å². The predicted molar refractivity (Wildman–Crippen MR) is 46.1 cm³/mol. The molecular weight excluding hydrogens is 170 g/mol. The van der Waals surface area contributed by atoms with E-state index in [1.54, 1.807) is 18.4 Å². The summed E-state index contributed by atoms with van der Waals surface area (Å²) in [7, 11) is 0. The summed E-state index contributed by atoms with van der Waals surface area (Å²) < 4.78 is 5.14. The lowest BCUT2D eigenvalue weighted by molar-refractivity contribution is -0.137. The first-order chi connectivity index (χ1) is 6.27. The summed E-state index contributed by atoms with van der Waals surface area (Å²) in [5.41, 5.74) is 0.900. The Balaban J connectivity index is 2.20. The van der Waals surface area contributed by atoms with Gasteiger partial charge in [0.25, 0.3) is 0 Å². The van der Waals surface area contributed by atoms with Crippen molar-refractivity contribution in [3.05, 3.63) is 30.2 Å². The quantitative estimate of drug-likeness (QED) is 0.702. The molecule has 4 nitrogen and oxygen atoms in total. The molecule has 0 spiro atoms. The van der Waals surface area contributed by atoms with Crippen LogP contribution in [0.4, 0.5) is 0 Å². The molecule has 0 aliphatic carbocycles. The summed E-state index contributed by atoms with van der Waals surface area (Å²) in [5, 5.41) is 11.5. The maximum Gasteiger partial charge on any atom is 0.324 e. The molecule has 0 aromatic carbocycles. The van der Waals surface area contributed by atoms with Gasteiger partial charge < -0.3 is 9.52 Å². The number of nitrogens with one attached hydrogen (secondary N) is 1. The van der Waals surface area contributed by atoms with Gasteiger partial charge in [0, 0.05) is 12.1 Å². The summed E-state index contributed by atoms with van der Waals surface area (Å²) >= 11 is 0. The third-order valence-corrected chi connectivity index (χ3v) is 1.98. The molecule has 0 amide bonds. The Morgan fingerprint density at radius 1 is 1.69 bits per heavy atom. The number of carbonyl (C=O) groups is 1. The van der Waals surface area contributed by atoms with Gasteiger partial charge in [0.15, 0.2) is 0 Å². The minimum atomic E-state index is -0.860. The second-order valence-electron chi connectivity index (χ2n) is 2.87. The van der Waals surface area contributed by atoms with Crippen molar-refractivity contribution in [2.45, 2.75) is 6.04 Å². The van der Waals surface area contributed by atoms with E-state index in [0.29, 0.717) is 6.54 Å². The van der Waals surface area contributed by atoms with E-state index in [2.05, 4.69) is 5.32 Å². The van der Waals surface area contributed by atoms with E-state index in [1.165, 1.54) is 0 Å². The monoisotopic (exact) mass is 179 g/mol. The number of rotatable bonds is 2. The highest BCUT2D eigenvalue weighted by atomic mass is 16.4. The van der Waals surface area contributed by atoms with E-state index in [4.69, 9.17) is 9.52 Å². The molecule has 0 radical (unpaired) electrons. The molecule has 2 heterocycles. The minimum absolute atomic E-state index is 0.546. The zero-order chi connectivity index (χ0) is 9.26. The van der Waals surface area contributed by atoms with Gasteiger partial charge in [-0.25, -0.2) is 0 Å². The highest BCUT2D eigenvalue weighted by Gasteiger charge is 2.22. The van der Waals surface area contributed by atoms with Crippen LogP contribution >= 0.6 is 0 Å². The van der Waals surface area contributed by atoms with Crippen molar-refractivity contribution < 1.29 is 14.3 Å². The van der Waals surface area contributed by atoms with Crippen LogP contribution < -0.4 is 5.32 Å². The lowest BCUT2D eigenvalue weighted by Crippen LogP contribution is -2.30. The SMILES string of the molecule is O=C(O)[C@@H]1C=C(c2ccco2)CN1. The Hall–Kier alpha value is -1.55. The molecule has 1 aliphatic rings. The van der Waals surface area contributed by atoms with Crippen LogP contribution in [0.2, 0.25) is 0 Å². The Bertz CT molecular complexity index is 340. The molecule has 0 saturated carbocycles. The van der Waals surface area contributed by atoms with Crippen molar-refractivity contribution in [1.82, 2.24) is 5.32 Å². The number of hydrogen-bond acceptors (Lipinski definition) is 3. The maximum atomic E-state index is 10.6. The average molecular weight is 179 g/mol. The van der Waals surface area contributed by atoms with Crippen molar-refractivity contribution >= 4 is 11.5 Å². The molecule has 1 aromatic rings. The van der Waals surface area contributed by atoms with Crippen LogP contribution in [0.1, 0.15) is 5.76 Å². The summed E-state index contributed by atoms with van der Waals surface area (Å²) in [6.45, 7) is 0.546. The van der Waals surface area contributed by atoms with Gasteiger partial charge in [-0.3, -0.25) is 10.1 Å². The van der Waals surface area contributed by atoms with E-state index >= 15 is 0 Å². The van der Waals surface area contributed by atoms with Crippen molar-refractivity contribution in [2.24, 2.45) is 0 Å². The Morgan fingerprint density at radius 2 is 2.54 bits per heavy atom. The molecule has 0 saturated heterocycles. The van der Waals surface area contributed by atoms with Gasteiger partial charge in [0.2, 0.25) is 0 Å². The van der Waals surface area contributed by atoms with Crippen LogP contribution in [0.3, 0.4) is 0 Å². The highest BCUT2D eigenvalue weighted by Crippen LogP contribution is 2.18. The molecule has 1 aliphatic heterocycles.